The molecule has 1 amide bonds. The fraction of sp³-hybridized carbons (Fsp3) is 0.533. The van der Waals surface area contributed by atoms with Gasteiger partial charge in [-0.15, -0.1) is 0 Å². The number of hydrogen-bond acceptors (Lipinski definition) is 2. The van der Waals surface area contributed by atoms with Gasteiger partial charge in [0.15, 0.2) is 0 Å². The quantitative estimate of drug-likeness (QED) is 0.843. The van der Waals surface area contributed by atoms with Crippen molar-refractivity contribution in [2.45, 2.75) is 52.2 Å². The molecule has 0 unspecified atom stereocenters. The first-order valence-electron chi connectivity index (χ1n) is 6.54. The Bertz CT molecular complexity index is 382. The van der Waals surface area contributed by atoms with Crippen molar-refractivity contribution in [3.05, 3.63) is 35.4 Å². The van der Waals surface area contributed by atoms with E-state index in [0.29, 0.717) is 17.9 Å². The van der Waals surface area contributed by atoms with Crippen LogP contribution in [0.3, 0.4) is 0 Å². The lowest BCUT2D eigenvalue weighted by atomic mass is 10.0. The number of aliphatic hydroxyl groups excluding tert-OH is 1. The molecule has 0 spiro atoms. The minimum atomic E-state index is -0.533. The van der Waals surface area contributed by atoms with E-state index in [1.807, 2.05) is 31.2 Å². The molecule has 0 fully saturated rings. The van der Waals surface area contributed by atoms with Crippen LogP contribution >= 0.6 is 0 Å². The largest absolute Gasteiger partial charge is 0.391 e. The van der Waals surface area contributed by atoms with Crippen molar-refractivity contribution in [1.29, 1.82) is 0 Å². The number of rotatable bonds is 5. The van der Waals surface area contributed by atoms with Crippen LogP contribution in [0.25, 0.3) is 0 Å². The molecule has 18 heavy (non-hydrogen) atoms. The lowest BCUT2D eigenvalue weighted by Crippen LogP contribution is -2.41. The predicted octanol–water partition coefficient (Wildman–Crippen LogP) is 2.70. The Labute approximate surface area is 109 Å². The summed E-state index contributed by atoms with van der Waals surface area (Å²) in [6.07, 6.45) is 0.182. The highest BCUT2D eigenvalue weighted by Crippen LogP contribution is 2.14. The van der Waals surface area contributed by atoms with Crippen molar-refractivity contribution in [3.8, 4) is 0 Å². The van der Waals surface area contributed by atoms with Gasteiger partial charge in [-0.1, -0.05) is 32.9 Å². The highest BCUT2D eigenvalue weighted by Gasteiger charge is 2.16. The molecule has 0 saturated carbocycles. The Morgan fingerprint density at radius 2 is 1.78 bits per heavy atom. The molecule has 1 aromatic rings. The van der Waals surface area contributed by atoms with Gasteiger partial charge in [0, 0.05) is 5.56 Å². The molecular weight excluding hydrogens is 226 g/mol. The van der Waals surface area contributed by atoms with Gasteiger partial charge in [0.05, 0.1) is 12.1 Å². The molecule has 0 heterocycles. The van der Waals surface area contributed by atoms with E-state index < -0.39 is 6.10 Å². The highest BCUT2D eigenvalue weighted by atomic mass is 16.3. The van der Waals surface area contributed by atoms with Crippen LogP contribution in [0.2, 0.25) is 0 Å². The minimum absolute atomic E-state index is 0.127. The van der Waals surface area contributed by atoms with Crippen LogP contribution in [0.1, 0.15) is 56.0 Å². The predicted molar refractivity (Wildman–Crippen MR) is 73.8 cm³/mol. The monoisotopic (exact) mass is 249 g/mol. The summed E-state index contributed by atoms with van der Waals surface area (Å²) in [5, 5.41) is 12.4. The number of benzene rings is 1. The molecule has 0 aromatic heterocycles. The fourth-order valence-corrected chi connectivity index (χ4v) is 1.83. The summed E-state index contributed by atoms with van der Waals surface area (Å²) in [4.78, 5) is 12.0. The third-order valence-electron chi connectivity index (χ3n) is 3.18. The highest BCUT2D eigenvalue weighted by molar-refractivity contribution is 5.94. The zero-order valence-electron chi connectivity index (χ0n) is 11.6. The molecule has 0 saturated heterocycles. The average Bonchev–Trinajstić information content (AvgIpc) is 2.35. The molecule has 2 atom stereocenters. The molecule has 100 valence electrons. The van der Waals surface area contributed by atoms with Gasteiger partial charge in [-0.25, -0.2) is 0 Å². The van der Waals surface area contributed by atoms with Gasteiger partial charge in [-0.05, 0) is 37.0 Å². The minimum Gasteiger partial charge on any atom is -0.391 e. The van der Waals surface area contributed by atoms with Crippen LogP contribution in [0.4, 0.5) is 0 Å². The van der Waals surface area contributed by atoms with Crippen LogP contribution in [0, 0.1) is 0 Å². The third kappa shape index (κ3) is 3.84. The van der Waals surface area contributed by atoms with Crippen LogP contribution < -0.4 is 5.32 Å². The summed E-state index contributed by atoms with van der Waals surface area (Å²) in [7, 11) is 0. The standard InChI is InChI=1S/C15H23NO2/c1-5-14(11(4)17)16-15(18)13-8-6-12(7-9-13)10(2)3/h6-11,14,17H,5H2,1-4H3,(H,16,18)/t11-,14-/m0/s1. The van der Waals surface area contributed by atoms with Gasteiger partial charge in [0.25, 0.3) is 5.91 Å². The van der Waals surface area contributed by atoms with E-state index in [9.17, 15) is 9.90 Å². The van der Waals surface area contributed by atoms with Crippen LogP contribution in [0.5, 0.6) is 0 Å². The van der Waals surface area contributed by atoms with Crippen molar-refractivity contribution in [3.63, 3.8) is 0 Å². The van der Waals surface area contributed by atoms with E-state index in [1.54, 1.807) is 6.92 Å². The lowest BCUT2D eigenvalue weighted by molar-refractivity contribution is 0.0855. The Balaban J connectivity index is 2.72. The van der Waals surface area contributed by atoms with Crippen molar-refractivity contribution < 1.29 is 9.90 Å². The van der Waals surface area contributed by atoms with Crippen LogP contribution in [-0.2, 0) is 0 Å². The van der Waals surface area contributed by atoms with E-state index in [4.69, 9.17) is 0 Å². The van der Waals surface area contributed by atoms with E-state index >= 15 is 0 Å². The third-order valence-corrected chi connectivity index (χ3v) is 3.18. The van der Waals surface area contributed by atoms with Crippen LogP contribution in [0.15, 0.2) is 24.3 Å². The summed E-state index contributed by atoms with van der Waals surface area (Å²) < 4.78 is 0. The number of carbonyl (C=O) groups is 1. The zero-order chi connectivity index (χ0) is 13.7. The second-order valence-electron chi connectivity index (χ2n) is 5.01. The van der Waals surface area contributed by atoms with E-state index in [1.165, 1.54) is 5.56 Å². The van der Waals surface area contributed by atoms with E-state index in [0.717, 1.165) is 0 Å². The summed E-state index contributed by atoms with van der Waals surface area (Å²) in [6.45, 7) is 7.88. The average molecular weight is 249 g/mol. The van der Waals surface area contributed by atoms with Crippen molar-refractivity contribution in [2.75, 3.05) is 0 Å². The number of hydrogen-bond donors (Lipinski definition) is 2. The van der Waals surface area contributed by atoms with Gasteiger partial charge in [0.2, 0.25) is 0 Å². The first-order chi connectivity index (χ1) is 8.45. The summed E-state index contributed by atoms with van der Waals surface area (Å²) in [6, 6.07) is 7.42. The van der Waals surface area contributed by atoms with Gasteiger partial charge >= 0.3 is 0 Å². The molecule has 0 aliphatic heterocycles. The number of aliphatic hydroxyl groups is 1. The van der Waals surface area contributed by atoms with Crippen molar-refractivity contribution in [2.24, 2.45) is 0 Å². The number of carbonyl (C=O) groups excluding carboxylic acids is 1. The Morgan fingerprint density at radius 1 is 1.22 bits per heavy atom. The topological polar surface area (TPSA) is 49.3 Å². The van der Waals surface area contributed by atoms with Gasteiger partial charge in [-0.3, -0.25) is 4.79 Å². The molecule has 0 radical (unpaired) electrons. The Hall–Kier alpha value is -1.35. The second-order valence-corrected chi connectivity index (χ2v) is 5.01. The molecule has 1 aromatic carbocycles. The van der Waals surface area contributed by atoms with Crippen LogP contribution in [-0.4, -0.2) is 23.2 Å². The van der Waals surface area contributed by atoms with Crippen molar-refractivity contribution in [1.82, 2.24) is 5.32 Å². The molecule has 3 nitrogen and oxygen atoms in total. The Morgan fingerprint density at radius 3 is 2.17 bits per heavy atom. The molecule has 2 N–H and O–H groups in total. The molecule has 0 aliphatic carbocycles. The number of amides is 1. The summed E-state index contributed by atoms with van der Waals surface area (Å²) >= 11 is 0. The smallest absolute Gasteiger partial charge is 0.251 e. The molecule has 1 rings (SSSR count). The first kappa shape index (κ1) is 14.7. The molecule has 0 bridgehead atoms. The van der Waals surface area contributed by atoms with Gasteiger partial charge in [0.1, 0.15) is 0 Å². The van der Waals surface area contributed by atoms with Gasteiger partial charge in [-0.2, -0.15) is 0 Å². The molecule has 3 heteroatoms. The number of nitrogens with one attached hydrogen (secondary N) is 1. The Kier molecular flexibility index (Phi) is 5.35. The fourth-order valence-electron chi connectivity index (χ4n) is 1.83. The first-order valence-corrected chi connectivity index (χ1v) is 6.54. The molecular formula is C15H23NO2. The van der Waals surface area contributed by atoms with E-state index in [-0.39, 0.29) is 11.9 Å². The van der Waals surface area contributed by atoms with E-state index in [2.05, 4.69) is 19.2 Å². The summed E-state index contributed by atoms with van der Waals surface area (Å²) in [5.41, 5.74) is 1.85. The maximum absolute atomic E-state index is 12.0. The molecule has 0 aliphatic rings. The SMILES string of the molecule is CC[C@H](NC(=O)c1ccc(C(C)C)cc1)[C@H](C)O. The lowest BCUT2D eigenvalue weighted by Gasteiger charge is -2.19. The zero-order valence-corrected chi connectivity index (χ0v) is 11.6. The normalized spacial score (nSPS) is 14.3. The maximum atomic E-state index is 12.0. The maximum Gasteiger partial charge on any atom is 0.251 e. The van der Waals surface area contributed by atoms with Gasteiger partial charge < -0.3 is 10.4 Å². The van der Waals surface area contributed by atoms with Crippen molar-refractivity contribution >= 4 is 5.91 Å². The summed E-state index contributed by atoms with van der Waals surface area (Å²) in [5.74, 6) is 0.334. The second kappa shape index (κ2) is 6.55.